The fraction of sp³-hybridized carbons (Fsp3) is 0.526. The summed E-state index contributed by atoms with van der Waals surface area (Å²) in [5.41, 5.74) is 0.854. The molecule has 0 radical (unpaired) electrons. The van der Waals surface area contributed by atoms with Gasteiger partial charge < -0.3 is 10.1 Å². The van der Waals surface area contributed by atoms with Crippen molar-refractivity contribution in [1.29, 1.82) is 0 Å². The number of carbonyl (C=O) groups excluding carboxylic acids is 3. The Morgan fingerprint density at radius 3 is 2.16 bits per heavy atom. The van der Waals surface area contributed by atoms with Gasteiger partial charge in [0.15, 0.2) is 6.10 Å². The van der Waals surface area contributed by atoms with Crippen molar-refractivity contribution in [3.05, 3.63) is 35.9 Å². The van der Waals surface area contributed by atoms with Crippen LogP contribution in [0.1, 0.15) is 52.5 Å². The number of benzene rings is 1. The van der Waals surface area contributed by atoms with Crippen molar-refractivity contribution in [3.8, 4) is 0 Å². The van der Waals surface area contributed by atoms with E-state index in [2.05, 4.69) is 10.6 Å². The van der Waals surface area contributed by atoms with Gasteiger partial charge in [-0.05, 0) is 32.3 Å². The fourth-order valence-corrected chi connectivity index (χ4v) is 2.41. The minimum absolute atomic E-state index is 0.0643. The monoisotopic (exact) mass is 348 g/mol. The van der Waals surface area contributed by atoms with Gasteiger partial charge in [0.1, 0.15) is 0 Å². The molecule has 0 fully saturated rings. The van der Waals surface area contributed by atoms with E-state index >= 15 is 0 Å². The van der Waals surface area contributed by atoms with Crippen LogP contribution in [0.3, 0.4) is 0 Å². The van der Waals surface area contributed by atoms with E-state index in [0.717, 1.165) is 12.0 Å². The maximum atomic E-state index is 12.6. The highest BCUT2D eigenvalue weighted by Crippen LogP contribution is 2.28. The molecule has 6 heteroatoms. The summed E-state index contributed by atoms with van der Waals surface area (Å²) >= 11 is 0. The van der Waals surface area contributed by atoms with Crippen LogP contribution >= 0.6 is 0 Å². The molecule has 0 aromatic heterocycles. The van der Waals surface area contributed by atoms with E-state index in [9.17, 15) is 14.4 Å². The Labute approximate surface area is 149 Å². The van der Waals surface area contributed by atoms with Crippen molar-refractivity contribution in [2.75, 3.05) is 0 Å². The zero-order valence-electron chi connectivity index (χ0n) is 15.5. The molecule has 3 atom stereocenters. The van der Waals surface area contributed by atoms with E-state index in [0.29, 0.717) is 0 Å². The SMILES string of the molecule is CCC(C)C(C(=O)OC(C)C(=O)NC(=O)NC(C)C)c1ccccc1. The molecule has 0 bridgehead atoms. The zero-order chi connectivity index (χ0) is 19.0. The molecule has 0 aliphatic rings. The maximum absolute atomic E-state index is 12.6. The van der Waals surface area contributed by atoms with Gasteiger partial charge in [-0.25, -0.2) is 4.79 Å². The summed E-state index contributed by atoms with van der Waals surface area (Å²) in [5.74, 6) is -1.50. The molecule has 6 nitrogen and oxygen atoms in total. The highest BCUT2D eigenvalue weighted by atomic mass is 16.5. The van der Waals surface area contributed by atoms with Crippen molar-refractivity contribution < 1.29 is 19.1 Å². The molecule has 0 spiro atoms. The Kier molecular flexibility index (Phi) is 8.11. The van der Waals surface area contributed by atoms with Gasteiger partial charge in [0.2, 0.25) is 0 Å². The topological polar surface area (TPSA) is 84.5 Å². The Morgan fingerprint density at radius 2 is 1.64 bits per heavy atom. The van der Waals surface area contributed by atoms with Crippen LogP contribution in [0.25, 0.3) is 0 Å². The van der Waals surface area contributed by atoms with Gasteiger partial charge >= 0.3 is 12.0 Å². The summed E-state index contributed by atoms with van der Waals surface area (Å²) in [5, 5.41) is 4.72. The first-order valence-corrected chi connectivity index (χ1v) is 8.63. The first-order valence-electron chi connectivity index (χ1n) is 8.63. The second-order valence-electron chi connectivity index (χ2n) is 6.47. The number of rotatable bonds is 7. The largest absolute Gasteiger partial charge is 0.452 e. The summed E-state index contributed by atoms with van der Waals surface area (Å²) in [6.07, 6.45) is -0.257. The van der Waals surface area contributed by atoms with Crippen LogP contribution in [-0.4, -0.2) is 30.1 Å². The van der Waals surface area contributed by atoms with Gasteiger partial charge in [-0.15, -0.1) is 0 Å². The Bertz CT molecular complexity index is 586. The Morgan fingerprint density at radius 1 is 1.04 bits per heavy atom. The van der Waals surface area contributed by atoms with Crippen LogP contribution in [0.4, 0.5) is 4.79 Å². The van der Waals surface area contributed by atoms with E-state index < -0.39 is 29.9 Å². The Hall–Kier alpha value is -2.37. The number of hydrogen-bond acceptors (Lipinski definition) is 4. The lowest BCUT2D eigenvalue weighted by Crippen LogP contribution is -2.47. The number of nitrogens with one attached hydrogen (secondary N) is 2. The molecule has 0 saturated heterocycles. The zero-order valence-corrected chi connectivity index (χ0v) is 15.5. The summed E-state index contributed by atoms with van der Waals surface area (Å²) in [6, 6.07) is 8.65. The summed E-state index contributed by atoms with van der Waals surface area (Å²) < 4.78 is 5.33. The molecule has 3 amide bonds. The molecule has 0 aliphatic carbocycles. The minimum Gasteiger partial charge on any atom is -0.452 e. The minimum atomic E-state index is -1.05. The summed E-state index contributed by atoms with van der Waals surface area (Å²) in [6.45, 7) is 8.99. The first-order chi connectivity index (χ1) is 11.8. The lowest BCUT2D eigenvalue weighted by atomic mass is 9.85. The predicted octanol–water partition coefficient (Wildman–Crippen LogP) is 2.98. The van der Waals surface area contributed by atoms with Crippen LogP contribution in [0.2, 0.25) is 0 Å². The molecule has 1 aromatic rings. The molecule has 3 unspecified atom stereocenters. The first kappa shape index (κ1) is 20.7. The molecule has 0 heterocycles. The molecule has 1 aromatic carbocycles. The number of hydrogen-bond donors (Lipinski definition) is 2. The van der Waals surface area contributed by atoms with E-state index in [1.54, 1.807) is 13.8 Å². The van der Waals surface area contributed by atoms with Crippen LogP contribution < -0.4 is 10.6 Å². The molecule has 0 aliphatic heterocycles. The highest BCUT2D eigenvalue weighted by molar-refractivity contribution is 5.97. The smallest absolute Gasteiger partial charge is 0.321 e. The lowest BCUT2D eigenvalue weighted by molar-refractivity contribution is -0.157. The van der Waals surface area contributed by atoms with Gasteiger partial charge in [-0.3, -0.25) is 14.9 Å². The number of ether oxygens (including phenoxy) is 1. The standard InChI is InChI=1S/C19H28N2O4/c1-6-13(4)16(15-10-8-7-9-11-15)18(23)25-14(5)17(22)21-19(24)20-12(2)3/h7-14,16H,6H2,1-5H3,(H2,20,21,22,24). The molecule has 0 saturated carbocycles. The van der Waals surface area contributed by atoms with Crippen molar-refractivity contribution in [1.82, 2.24) is 10.6 Å². The van der Waals surface area contributed by atoms with Gasteiger partial charge in [0, 0.05) is 6.04 Å². The number of imide groups is 1. The van der Waals surface area contributed by atoms with Crippen molar-refractivity contribution >= 4 is 17.9 Å². The van der Waals surface area contributed by atoms with Crippen LogP contribution in [0.15, 0.2) is 30.3 Å². The third-order valence-electron chi connectivity index (χ3n) is 3.94. The Balaban J connectivity index is 2.76. The molecule has 25 heavy (non-hydrogen) atoms. The summed E-state index contributed by atoms with van der Waals surface area (Å²) in [4.78, 5) is 36.2. The highest BCUT2D eigenvalue weighted by Gasteiger charge is 2.30. The van der Waals surface area contributed by atoms with Crippen molar-refractivity contribution in [2.45, 2.75) is 59.1 Å². The average molecular weight is 348 g/mol. The second kappa shape index (κ2) is 9.81. The van der Waals surface area contributed by atoms with Crippen molar-refractivity contribution in [2.24, 2.45) is 5.92 Å². The molecule has 2 N–H and O–H groups in total. The van der Waals surface area contributed by atoms with Crippen LogP contribution in [0, 0.1) is 5.92 Å². The van der Waals surface area contributed by atoms with E-state index in [1.807, 2.05) is 44.2 Å². The van der Waals surface area contributed by atoms with Gasteiger partial charge in [0.05, 0.1) is 5.92 Å². The van der Waals surface area contributed by atoms with Gasteiger partial charge in [0.25, 0.3) is 5.91 Å². The summed E-state index contributed by atoms with van der Waals surface area (Å²) in [7, 11) is 0. The van der Waals surface area contributed by atoms with E-state index in [1.165, 1.54) is 6.92 Å². The number of urea groups is 1. The van der Waals surface area contributed by atoms with Gasteiger partial charge in [-0.1, -0.05) is 50.6 Å². The number of esters is 1. The fourth-order valence-electron chi connectivity index (χ4n) is 2.41. The number of amides is 3. The number of carbonyl (C=O) groups is 3. The second-order valence-corrected chi connectivity index (χ2v) is 6.47. The predicted molar refractivity (Wildman–Crippen MR) is 96.0 cm³/mol. The van der Waals surface area contributed by atoms with E-state index in [-0.39, 0.29) is 12.0 Å². The molecule has 1 rings (SSSR count). The lowest BCUT2D eigenvalue weighted by Gasteiger charge is -2.23. The molecular weight excluding hydrogens is 320 g/mol. The average Bonchev–Trinajstić information content (AvgIpc) is 2.54. The quantitative estimate of drug-likeness (QED) is 0.742. The van der Waals surface area contributed by atoms with Crippen LogP contribution in [0.5, 0.6) is 0 Å². The van der Waals surface area contributed by atoms with Crippen molar-refractivity contribution in [3.63, 3.8) is 0 Å². The van der Waals surface area contributed by atoms with E-state index in [4.69, 9.17) is 4.74 Å². The molecular formula is C19H28N2O4. The van der Waals surface area contributed by atoms with Gasteiger partial charge in [-0.2, -0.15) is 0 Å². The third-order valence-corrected chi connectivity index (χ3v) is 3.94. The third kappa shape index (κ3) is 6.57. The molecule has 138 valence electrons. The maximum Gasteiger partial charge on any atom is 0.321 e. The van der Waals surface area contributed by atoms with Crippen LogP contribution in [-0.2, 0) is 14.3 Å². The normalized spacial score (nSPS) is 14.3.